The molecule has 0 fully saturated rings. The van der Waals surface area contributed by atoms with Gasteiger partial charge < -0.3 is 19.9 Å². The molecule has 0 bridgehead atoms. The SMILES string of the molecule is Cc1ccc(C)c(NC(=O)Cc2c(C)c3ccc(O)c(O)c3oc2=O)c1. The van der Waals surface area contributed by atoms with E-state index in [4.69, 9.17) is 4.42 Å². The molecule has 134 valence electrons. The Balaban J connectivity index is 1.96. The van der Waals surface area contributed by atoms with Crippen molar-refractivity contribution in [2.75, 3.05) is 5.32 Å². The number of rotatable bonds is 3. The zero-order chi connectivity index (χ0) is 19.0. The lowest BCUT2D eigenvalue weighted by Crippen LogP contribution is -2.21. The van der Waals surface area contributed by atoms with Gasteiger partial charge in [0.05, 0.1) is 12.0 Å². The Labute approximate surface area is 149 Å². The van der Waals surface area contributed by atoms with Gasteiger partial charge in [0.2, 0.25) is 11.7 Å². The number of aryl methyl sites for hydroxylation is 3. The topological polar surface area (TPSA) is 99.8 Å². The number of phenols is 2. The van der Waals surface area contributed by atoms with Gasteiger partial charge in [-0.1, -0.05) is 12.1 Å². The molecule has 0 aliphatic heterocycles. The molecule has 26 heavy (non-hydrogen) atoms. The molecule has 0 spiro atoms. The summed E-state index contributed by atoms with van der Waals surface area (Å²) in [5.41, 5.74) is 2.57. The number of fused-ring (bicyclic) bond motifs is 1. The average Bonchev–Trinajstić information content (AvgIpc) is 2.58. The summed E-state index contributed by atoms with van der Waals surface area (Å²) in [7, 11) is 0. The number of hydrogen-bond acceptors (Lipinski definition) is 5. The Bertz CT molecular complexity index is 1080. The van der Waals surface area contributed by atoms with Crippen molar-refractivity contribution in [3.63, 3.8) is 0 Å². The van der Waals surface area contributed by atoms with E-state index in [9.17, 15) is 19.8 Å². The van der Waals surface area contributed by atoms with E-state index in [0.29, 0.717) is 16.6 Å². The van der Waals surface area contributed by atoms with E-state index in [2.05, 4.69) is 5.32 Å². The lowest BCUT2D eigenvalue weighted by molar-refractivity contribution is -0.115. The van der Waals surface area contributed by atoms with E-state index in [0.717, 1.165) is 11.1 Å². The van der Waals surface area contributed by atoms with Gasteiger partial charge in [0, 0.05) is 11.1 Å². The van der Waals surface area contributed by atoms with Gasteiger partial charge in [0.1, 0.15) is 0 Å². The Morgan fingerprint density at radius 2 is 1.85 bits per heavy atom. The molecule has 3 rings (SSSR count). The fourth-order valence-corrected chi connectivity index (χ4v) is 2.86. The van der Waals surface area contributed by atoms with E-state index in [-0.39, 0.29) is 29.2 Å². The predicted molar refractivity (Wildman–Crippen MR) is 98.8 cm³/mol. The summed E-state index contributed by atoms with van der Waals surface area (Å²) in [6, 6.07) is 8.58. The van der Waals surface area contributed by atoms with Crippen molar-refractivity contribution in [3.05, 3.63) is 63.0 Å². The van der Waals surface area contributed by atoms with E-state index in [1.807, 2.05) is 32.0 Å². The van der Waals surface area contributed by atoms with Gasteiger partial charge in [-0.15, -0.1) is 0 Å². The maximum absolute atomic E-state index is 12.4. The van der Waals surface area contributed by atoms with Crippen molar-refractivity contribution in [1.82, 2.24) is 0 Å². The molecule has 1 aromatic heterocycles. The van der Waals surface area contributed by atoms with Crippen LogP contribution in [0.4, 0.5) is 5.69 Å². The maximum atomic E-state index is 12.4. The number of hydrogen-bond donors (Lipinski definition) is 3. The fraction of sp³-hybridized carbons (Fsp3) is 0.200. The van der Waals surface area contributed by atoms with Crippen LogP contribution in [0, 0.1) is 20.8 Å². The number of amides is 1. The summed E-state index contributed by atoms with van der Waals surface area (Å²) >= 11 is 0. The number of carbonyl (C=O) groups is 1. The lowest BCUT2D eigenvalue weighted by atomic mass is 10.0. The van der Waals surface area contributed by atoms with Crippen LogP contribution in [-0.4, -0.2) is 16.1 Å². The molecule has 0 saturated heterocycles. The van der Waals surface area contributed by atoms with Gasteiger partial charge >= 0.3 is 5.63 Å². The molecule has 6 nitrogen and oxygen atoms in total. The van der Waals surface area contributed by atoms with Gasteiger partial charge in [0.15, 0.2) is 11.3 Å². The maximum Gasteiger partial charge on any atom is 0.340 e. The van der Waals surface area contributed by atoms with Crippen LogP contribution in [-0.2, 0) is 11.2 Å². The third-order valence-corrected chi connectivity index (χ3v) is 4.41. The van der Waals surface area contributed by atoms with Crippen molar-refractivity contribution in [2.45, 2.75) is 27.2 Å². The smallest absolute Gasteiger partial charge is 0.340 e. The fourth-order valence-electron chi connectivity index (χ4n) is 2.86. The molecule has 1 amide bonds. The van der Waals surface area contributed by atoms with E-state index < -0.39 is 11.4 Å². The summed E-state index contributed by atoms with van der Waals surface area (Å²) < 4.78 is 5.13. The second kappa shape index (κ2) is 6.55. The molecule has 0 saturated carbocycles. The number of carbonyl (C=O) groups excluding carboxylic acids is 1. The zero-order valence-electron chi connectivity index (χ0n) is 14.7. The van der Waals surface area contributed by atoms with Crippen LogP contribution in [0.2, 0.25) is 0 Å². The molecule has 6 heteroatoms. The first kappa shape index (κ1) is 17.5. The van der Waals surface area contributed by atoms with Gasteiger partial charge in [-0.05, 0) is 55.7 Å². The van der Waals surface area contributed by atoms with Crippen LogP contribution in [0.3, 0.4) is 0 Å². The quantitative estimate of drug-likeness (QED) is 0.495. The van der Waals surface area contributed by atoms with Gasteiger partial charge in [-0.25, -0.2) is 4.79 Å². The standard InChI is InChI=1S/C20H19NO5/c1-10-4-5-11(2)15(8-10)21-17(23)9-14-12(3)13-6-7-16(22)18(24)19(13)26-20(14)25/h4-8,22,24H,9H2,1-3H3,(H,21,23). The van der Waals surface area contributed by atoms with Crippen LogP contribution in [0.25, 0.3) is 11.0 Å². The number of nitrogens with one attached hydrogen (secondary N) is 1. The lowest BCUT2D eigenvalue weighted by Gasteiger charge is -2.11. The first-order valence-electron chi connectivity index (χ1n) is 8.12. The summed E-state index contributed by atoms with van der Waals surface area (Å²) in [5.74, 6) is -1.20. The second-order valence-electron chi connectivity index (χ2n) is 6.35. The number of phenolic OH excluding ortho intramolecular Hbond substituents is 2. The third kappa shape index (κ3) is 3.13. The van der Waals surface area contributed by atoms with Gasteiger partial charge in [-0.2, -0.15) is 0 Å². The summed E-state index contributed by atoms with van der Waals surface area (Å²) in [6.07, 6.45) is -0.154. The van der Waals surface area contributed by atoms with Crippen molar-refractivity contribution >= 4 is 22.6 Å². The van der Waals surface area contributed by atoms with Crippen molar-refractivity contribution < 1.29 is 19.4 Å². The highest BCUT2D eigenvalue weighted by Crippen LogP contribution is 2.34. The molecule has 0 aliphatic carbocycles. The minimum Gasteiger partial charge on any atom is -0.504 e. The van der Waals surface area contributed by atoms with Crippen molar-refractivity contribution in [1.29, 1.82) is 0 Å². The van der Waals surface area contributed by atoms with Crippen LogP contribution in [0.5, 0.6) is 11.5 Å². The molecular formula is C20H19NO5. The Morgan fingerprint density at radius 1 is 1.12 bits per heavy atom. The summed E-state index contributed by atoms with van der Waals surface area (Å²) in [6.45, 7) is 5.50. The number of benzene rings is 2. The molecule has 1 heterocycles. The average molecular weight is 353 g/mol. The van der Waals surface area contributed by atoms with Crippen LogP contribution in [0.15, 0.2) is 39.5 Å². The Morgan fingerprint density at radius 3 is 2.58 bits per heavy atom. The number of aromatic hydroxyl groups is 2. The van der Waals surface area contributed by atoms with Crippen LogP contribution >= 0.6 is 0 Å². The predicted octanol–water partition coefficient (Wildman–Crippen LogP) is 3.31. The van der Waals surface area contributed by atoms with Gasteiger partial charge in [0.25, 0.3) is 0 Å². The highest BCUT2D eigenvalue weighted by molar-refractivity contribution is 5.94. The third-order valence-electron chi connectivity index (χ3n) is 4.41. The second-order valence-corrected chi connectivity index (χ2v) is 6.35. The van der Waals surface area contributed by atoms with E-state index in [1.54, 1.807) is 6.92 Å². The zero-order valence-corrected chi connectivity index (χ0v) is 14.7. The molecular weight excluding hydrogens is 334 g/mol. The summed E-state index contributed by atoms with van der Waals surface area (Å²) in [5, 5.41) is 22.7. The molecule has 0 radical (unpaired) electrons. The highest BCUT2D eigenvalue weighted by Gasteiger charge is 2.18. The molecule has 3 N–H and O–H groups in total. The largest absolute Gasteiger partial charge is 0.504 e. The van der Waals surface area contributed by atoms with Crippen molar-refractivity contribution in [3.8, 4) is 11.5 Å². The molecule has 3 aromatic rings. The first-order valence-corrected chi connectivity index (χ1v) is 8.12. The molecule has 0 atom stereocenters. The van der Waals surface area contributed by atoms with E-state index in [1.165, 1.54) is 12.1 Å². The minimum absolute atomic E-state index is 0.0915. The normalized spacial score (nSPS) is 10.9. The van der Waals surface area contributed by atoms with Crippen LogP contribution < -0.4 is 10.9 Å². The van der Waals surface area contributed by atoms with E-state index >= 15 is 0 Å². The Kier molecular flexibility index (Phi) is 4.42. The first-order chi connectivity index (χ1) is 12.3. The molecule has 2 aromatic carbocycles. The monoisotopic (exact) mass is 353 g/mol. The molecule has 0 aliphatic rings. The summed E-state index contributed by atoms with van der Waals surface area (Å²) in [4.78, 5) is 24.7. The van der Waals surface area contributed by atoms with Crippen LogP contribution in [0.1, 0.15) is 22.3 Å². The number of anilines is 1. The van der Waals surface area contributed by atoms with Gasteiger partial charge in [-0.3, -0.25) is 4.79 Å². The molecule has 0 unspecified atom stereocenters. The minimum atomic E-state index is -0.716. The highest BCUT2D eigenvalue weighted by atomic mass is 16.4. The van der Waals surface area contributed by atoms with Crippen molar-refractivity contribution in [2.24, 2.45) is 0 Å². The Hall–Kier alpha value is -3.28.